The summed E-state index contributed by atoms with van der Waals surface area (Å²) in [5, 5.41) is 17.1. The molecule has 3 aromatic carbocycles. The molecule has 328 valence electrons. The van der Waals surface area contributed by atoms with Crippen molar-refractivity contribution in [1.82, 2.24) is 48.7 Å². The summed E-state index contributed by atoms with van der Waals surface area (Å²) < 4.78 is 48.4. The number of carbonyl (C=O) groups is 1. The molecule has 2 aliphatic heterocycles. The Morgan fingerprint density at radius 2 is 1.75 bits per heavy atom. The van der Waals surface area contributed by atoms with E-state index in [1.165, 1.54) is 27.6 Å². The van der Waals surface area contributed by atoms with E-state index in [1.54, 1.807) is 47.8 Å². The number of fused-ring (bicyclic) bond motifs is 3. The fourth-order valence-corrected chi connectivity index (χ4v) is 10.4. The molecule has 5 aromatic heterocycles. The summed E-state index contributed by atoms with van der Waals surface area (Å²) in [7, 11) is 0. The van der Waals surface area contributed by atoms with Crippen LogP contribution in [0.4, 0.5) is 8.78 Å². The number of aryl methyl sites for hydroxylation is 3. The molecule has 2 fully saturated rings. The maximum absolute atomic E-state index is 15.9. The van der Waals surface area contributed by atoms with E-state index >= 15 is 13.6 Å². The molecule has 7 heterocycles. The maximum atomic E-state index is 15.9. The summed E-state index contributed by atoms with van der Waals surface area (Å²) in [5.41, 5.74) is 3.88. The smallest absolute Gasteiger partial charge is 0.376 e. The van der Waals surface area contributed by atoms with E-state index in [4.69, 9.17) is 14.4 Å². The molecule has 3 atom stereocenters. The SMILES string of the molecule is Cc1cc(-n2nc3c(c2-n2ccn(-c4ccc5[nH]ncc5c4F)c2=O)CN(C(=O)c2cc4cc([C@H]5CCOC(C)(C)C5)ccc4n2[C@@]2(c4noc(=O)[nH]4)C[C@@H]2C)CCC3)cc(C)c1F. The number of halogens is 2. The highest BCUT2D eigenvalue weighted by Gasteiger charge is 2.59. The first-order valence-electron chi connectivity index (χ1n) is 21.7. The van der Waals surface area contributed by atoms with Crippen LogP contribution in [0, 0.1) is 31.4 Å². The summed E-state index contributed by atoms with van der Waals surface area (Å²) in [6, 6.07) is 14.8. The largest absolute Gasteiger partial charge is 0.438 e. The molecule has 1 saturated heterocycles. The van der Waals surface area contributed by atoms with Gasteiger partial charge in [-0.2, -0.15) is 10.2 Å². The average Bonchev–Trinajstić information content (AvgIpc) is 3.88. The van der Waals surface area contributed by atoms with Crippen LogP contribution in [0.25, 0.3) is 39.0 Å². The van der Waals surface area contributed by atoms with E-state index in [0.29, 0.717) is 83.3 Å². The molecule has 17 heteroatoms. The van der Waals surface area contributed by atoms with Crippen molar-refractivity contribution in [2.45, 2.75) is 90.3 Å². The number of amides is 1. The van der Waals surface area contributed by atoms with Gasteiger partial charge in [0.25, 0.3) is 5.91 Å². The second kappa shape index (κ2) is 14.3. The lowest BCUT2D eigenvalue weighted by Gasteiger charge is -2.35. The minimum Gasteiger partial charge on any atom is -0.376 e. The second-order valence-corrected chi connectivity index (χ2v) is 18.4. The molecular weight excluding hydrogens is 823 g/mol. The molecule has 3 aliphatic rings. The second-order valence-electron chi connectivity index (χ2n) is 18.4. The van der Waals surface area contributed by atoms with Crippen molar-refractivity contribution in [2.24, 2.45) is 5.92 Å². The summed E-state index contributed by atoms with van der Waals surface area (Å²) in [6.45, 7) is 10.7. The van der Waals surface area contributed by atoms with E-state index in [-0.39, 0.29) is 46.8 Å². The van der Waals surface area contributed by atoms with Crippen LogP contribution in [0.5, 0.6) is 0 Å². The number of rotatable bonds is 7. The van der Waals surface area contributed by atoms with Crippen LogP contribution in [0.2, 0.25) is 0 Å². The molecule has 64 heavy (non-hydrogen) atoms. The van der Waals surface area contributed by atoms with Crippen LogP contribution in [0.1, 0.15) is 96.6 Å². The fraction of sp³-hybridized carbons (Fsp3) is 0.362. The minimum atomic E-state index is -0.850. The number of nitrogens with zero attached hydrogens (tertiary/aromatic N) is 8. The Balaban J connectivity index is 1.05. The van der Waals surface area contributed by atoms with Crippen LogP contribution >= 0.6 is 0 Å². The Hall–Kier alpha value is -6.88. The molecule has 1 amide bonds. The number of imidazole rings is 1. The maximum Gasteiger partial charge on any atom is 0.438 e. The van der Waals surface area contributed by atoms with E-state index in [2.05, 4.69) is 59.3 Å². The summed E-state index contributed by atoms with van der Waals surface area (Å²) in [5.74, 6) is -0.910. The number of aromatic nitrogens is 9. The molecule has 0 bridgehead atoms. The van der Waals surface area contributed by atoms with Crippen LogP contribution in [0.3, 0.4) is 0 Å². The lowest BCUT2D eigenvalue weighted by molar-refractivity contribution is -0.0592. The topological polar surface area (TPSA) is 167 Å². The third kappa shape index (κ3) is 6.14. The number of ether oxygens (including phenoxy) is 1. The van der Waals surface area contributed by atoms with E-state index < -0.39 is 22.8 Å². The van der Waals surface area contributed by atoms with Crippen LogP contribution in [-0.4, -0.2) is 73.4 Å². The van der Waals surface area contributed by atoms with Crippen LogP contribution < -0.4 is 11.4 Å². The van der Waals surface area contributed by atoms with Crippen molar-refractivity contribution in [3.63, 3.8) is 0 Å². The quantitative estimate of drug-likeness (QED) is 0.169. The molecule has 1 saturated carbocycles. The first-order chi connectivity index (χ1) is 30.7. The molecular formula is C47H46F2N10O5. The molecule has 11 rings (SSSR count). The Morgan fingerprint density at radius 3 is 2.48 bits per heavy atom. The molecule has 0 unspecified atom stereocenters. The van der Waals surface area contributed by atoms with Gasteiger partial charge in [-0.25, -0.2) is 23.1 Å². The normalized spacial score (nSPS) is 20.8. The number of nitrogens with one attached hydrogen (secondary N) is 2. The van der Waals surface area contributed by atoms with Crippen molar-refractivity contribution in [3.8, 4) is 17.2 Å². The van der Waals surface area contributed by atoms with Gasteiger partial charge in [0.2, 0.25) is 0 Å². The number of benzene rings is 3. The van der Waals surface area contributed by atoms with Crippen molar-refractivity contribution in [3.05, 3.63) is 139 Å². The number of H-pyrrole nitrogens is 2. The highest BCUT2D eigenvalue weighted by atomic mass is 19.1. The third-order valence-corrected chi connectivity index (χ3v) is 13.7. The predicted molar refractivity (Wildman–Crippen MR) is 233 cm³/mol. The van der Waals surface area contributed by atoms with Crippen LogP contribution in [-0.2, 0) is 23.2 Å². The number of hydrogen-bond acceptors (Lipinski definition) is 8. The van der Waals surface area contributed by atoms with Gasteiger partial charge >= 0.3 is 11.4 Å². The Labute approximate surface area is 364 Å². The molecule has 0 spiro atoms. The van der Waals surface area contributed by atoms with Gasteiger partial charge in [-0.05, 0) is 131 Å². The molecule has 1 aliphatic carbocycles. The van der Waals surface area contributed by atoms with Crippen molar-refractivity contribution in [2.75, 3.05) is 13.2 Å². The molecule has 0 radical (unpaired) electrons. The van der Waals surface area contributed by atoms with Gasteiger partial charge in [-0.1, -0.05) is 18.1 Å². The average molecular weight is 869 g/mol. The van der Waals surface area contributed by atoms with Gasteiger partial charge in [0, 0.05) is 42.0 Å². The summed E-state index contributed by atoms with van der Waals surface area (Å²) in [4.78, 5) is 47.0. The van der Waals surface area contributed by atoms with E-state index in [0.717, 1.165) is 29.3 Å². The van der Waals surface area contributed by atoms with Gasteiger partial charge in [-0.3, -0.25) is 28.5 Å². The highest BCUT2D eigenvalue weighted by Crippen LogP contribution is 2.56. The van der Waals surface area contributed by atoms with Crippen molar-refractivity contribution in [1.29, 1.82) is 0 Å². The standard InChI is InChI=1S/C47H46F2N10O5/c1-25-17-31(18-26(2)39(25)48)59-41(57-15-14-56(45(57)62)37-11-9-34-32(40(37)49)23-50-52-34)33-24-55(13-6-7-35(33)53-59)42(60)38-20-30-19-28(29-12-16-63-46(4,5)22-29)8-10-36(30)58(38)47(21-27(47)3)43-51-44(61)64-54-43/h8-11,14-15,17-20,23,27,29H,6-7,12-13,16,21-22,24H2,1-5H3,(H,50,52)(H,51,54,61)/t27-,29-,47-/m0/s1. The Morgan fingerprint density at radius 1 is 0.969 bits per heavy atom. The Bertz CT molecular complexity index is 3300. The third-order valence-electron chi connectivity index (χ3n) is 13.7. The zero-order chi connectivity index (χ0) is 44.4. The van der Waals surface area contributed by atoms with Crippen molar-refractivity contribution < 1.29 is 22.8 Å². The highest BCUT2D eigenvalue weighted by molar-refractivity contribution is 5.99. The summed E-state index contributed by atoms with van der Waals surface area (Å²) in [6.07, 6.45) is 7.82. The first kappa shape index (κ1) is 39.9. The number of aromatic amines is 2. The number of hydrogen-bond donors (Lipinski definition) is 2. The first-order valence-corrected chi connectivity index (χ1v) is 21.7. The van der Waals surface area contributed by atoms with E-state index in [1.807, 2.05) is 10.6 Å². The van der Waals surface area contributed by atoms with Gasteiger partial charge < -0.3 is 14.2 Å². The monoisotopic (exact) mass is 868 g/mol. The van der Waals surface area contributed by atoms with Crippen LogP contribution in [0.15, 0.2) is 81.2 Å². The van der Waals surface area contributed by atoms with Gasteiger partial charge in [-0.15, -0.1) is 0 Å². The zero-order valence-corrected chi connectivity index (χ0v) is 36.0. The lowest BCUT2D eigenvalue weighted by Crippen LogP contribution is -2.35. The number of carbonyl (C=O) groups excluding carboxylic acids is 1. The Kier molecular flexibility index (Phi) is 8.93. The molecule has 2 N–H and O–H groups in total. The zero-order valence-electron chi connectivity index (χ0n) is 36.0. The molecule has 8 aromatic rings. The summed E-state index contributed by atoms with van der Waals surface area (Å²) >= 11 is 0. The van der Waals surface area contributed by atoms with Gasteiger partial charge in [0.15, 0.2) is 11.6 Å². The van der Waals surface area contributed by atoms with Crippen molar-refractivity contribution >= 4 is 27.7 Å². The predicted octanol–water partition coefficient (Wildman–Crippen LogP) is 7.26. The lowest BCUT2D eigenvalue weighted by atomic mass is 9.83. The van der Waals surface area contributed by atoms with Gasteiger partial charge in [0.1, 0.15) is 22.9 Å². The van der Waals surface area contributed by atoms with E-state index in [9.17, 15) is 9.59 Å². The molecule has 15 nitrogen and oxygen atoms in total. The minimum absolute atomic E-state index is 0.00420. The fourth-order valence-electron chi connectivity index (χ4n) is 10.4. The van der Waals surface area contributed by atoms with Gasteiger partial charge in [0.05, 0.1) is 46.3 Å².